The first-order valence-electron chi connectivity index (χ1n) is 17.8. The van der Waals surface area contributed by atoms with Gasteiger partial charge in [0.1, 0.15) is 0 Å². The lowest BCUT2D eigenvalue weighted by atomic mass is 9.95. The zero-order valence-electron chi connectivity index (χ0n) is 28.6. The van der Waals surface area contributed by atoms with Gasteiger partial charge in [-0.3, -0.25) is 0 Å². The molecular weight excluding hydrogens is 663 g/mol. The smallest absolute Gasteiger partial charge is 0.160 e. The Morgan fingerprint density at radius 1 is 0.340 bits per heavy atom. The zero-order chi connectivity index (χ0) is 35.1. The van der Waals surface area contributed by atoms with Crippen molar-refractivity contribution in [1.82, 2.24) is 15.0 Å². The summed E-state index contributed by atoms with van der Waals surface area (Å²) in [5.74, 6) is 0.720. The van der Waals surface area contributed by atoms with E-state index in [1.807, 2.05) is 23.5 Å². The van der Waals surface area contributed by atoms with Gasteiger partial charge < -0.3 is 0 Å². The molecule has 0 saturated heterocycles. The highest BCUT2D eigenvalue weighted by Gasteiger charge is 2.17. The Morgan fingerprint density at radius 3 is 1.77 bits per heavy atom. The Balaban J connectivity index is 1.16. The lowest BCUT2D eigenvalue weighted by Gasteiger charge is -2.13. The van der Waals surface area contributed by atoms with Crippen molar-refractivity contribution in [3.8, 4) is 67.4 Å². The number of hydrogen-bond donors (Lipinski definition) is 0. The second-order valence-electron chi connectivity index (χ2n) is 13.2. The molecule has 0 atom stereocenters. The average Bonchev–Trinajstić information content (AvgIpc) is 3.62. The molecule has 0 saturated carbocycles. The summed E-state index contributed by atoms with van der Waals surface area (Å²) in [6, 6.07) is 66.2. The maximum absolute atomic E-state index is 5.26. The van der Waals surface area contributed by atoms with Gasteiger partial charge in [0, 0.05) is 47.8 Å². The fourth-order valence-electron chi connectivity index (χ4n) is 7.31. The van der Waals surface area contributed by atoms with E-state index in [0.29, 0.717) is 0 Å². The molecule has 53 heavy (non-hydrogen) atoms. The highest BCUT2D eigenvalue weighted by Crippen LogP contribution is 2.43. The lowest BCUT2D eigenvalue weighted by molar-refractivity contribution is 1.23. The average molecular weight is 694 g/mol. The third-order valence-corrected chi connectivity index (χ3v) is 11.0. The van der Waals surface area contributed by atoms with E-state index in [0.717, 1.165) is 61.6 Å². The van der Waals surface area contributed by atoms with Gasteiger partial charge in [0.2, 0.25) is 0 Å². The van der Waals surface area contributed by atoms with E-state index in [4.69, 9.17) is 15.0 Å². The number of thiophene rings is 1. The van der Waals surface area contributed by atoms with Crippen LogP contribution in [0.15, 0.2) is 188 Å². The quantitative estimate of drug-likeness (QED) is 0.174. The number of hydrogen-bond acceptors (Lipinski definition) is 4. The molecule has 10 aromatic rings. The summed E-state index contributed by atoms with van der Waals surface area (Å²) in [6.45, 7) is 0. The van der Waals surface area contributed by atoms with Crippen LogP contribution in [0.3, 0.4) is 0 Å². The zero-order valence-corrected chi connectivity index (χ0v) is 29.5. The van der Waals surface area contributed by atoms with Gasteiger partial charge in [-0.2, -0.15) is 0 Å². The molecule has 7 aromatic carbocycles. The van der Waals surface area contributed by atoms with Crippen molar-refractivity contribution in [2.75, 3.05) is 0 Å². The van der Waals surface area contributed by atoms with Crippen LogP contribution in [0.5, 0.6) is 0 Å². The second-order valence-corrected chi connectivity index (χ2v) is 14.3. The SMILES string of the molecule is c1ccc(-c2cccc(-c3cc(-c4cccc5sc6ccc(-c7nc(-c8ccccc8)c8ccccc8n7)cc6c45)cc(-c4ccccc4)n3)c2)cc1. The standard InChI is InChI=1S/C49H31N3S/c1-4-14-32(15-5-1)35-20-12-21-36(28-35)44-31-38(30-43(50-44)33-16-6-2-7-17-33)39-23-13-25-46-47(39)41-29-37(26-27-45(41)53-46)49-51-42-24-11-10-22-40(42)48(52-49)34-18-8-3-9-19-34/h1-31H. The maximum atomic E-state index is 5.26. The predicted molar refractivity (Wildman–Crippen MR) is 223 cm³/mol. The highest BCUT2D eigenvalue weighted by molar-refractivity contribution is 7.26. The van der Waals surface area contributed by atoms with E-state index in [1.165, 1.54) is 36.9 Å². The van der Waals surface area contributed by atoms with Crippen molar-refractivity contribution < 1.29 is 0 Å². The molecular formula is C49H31N3S. The lowest BCUT2D eigenvalue weighted by Crippen LogP contribution is -1.95. The molecule has 0 aliphatic rings. The number of fused-ring (bicyclic) bond motifs is 4. The Kier molecular flexibility index (Phi) is 7.67. The van der Waals surface area contributed by atoms with Gasteiger partial charge in [-0.05, 0) is 70.8 Å². The molecule has 248 valence electrons. The molecule has 4 heteroatoms. The first-order valence-corrected chi connectivity index (χ1v) is 18.6. The van der Waals surface area contributed by atoms with Gasteiger partial charge >= 0.3 is 0 Å². The van der Waals surface area contributed by atoms with Crippen molar-refractivity contribution >= 4 is 42.4 Å². The molecule has 10 rings (SSSR count). The summed E-state index contributed by atoms with van der Waals surface area (Å²) in [4.78, 5) is 15.5. The molecule has 3 nitrogen and oxygen atoms in total. The van der Waals surface area contributed by atoms with E-state index in [-0.39, 0.29) is 0 Å². The monoisotopic (exact) mass is 693 g/mol. The molecule has 0 amide bonds. The number of benzene rings is 7. The van der Waals surface area contributed by atoms with Crippen molar-refractivity contribution in [1.29, 1.82) is 0 Å². The molecule has 0 fully saturated rings. The van der Waals surface area contributed by atoms with Gasteiger partial charge in [-0.1, -0.05) is 140 Å². The van der Waals surface area contributed by atoms with Gasteiger partial charge in [0.05, 0.1) is 22.6 Å². The van der Waals surface area contributed by atoms with Crippen LogP contribution in [0.2, 0.25) is 0 Å². The minimum absolute atomic E-state index is 0.720. The van der Waals surface area contributed by atoms with Crippen molar-refractivity contribution in [3.05, 3.63) is 188 Å². The van der Waals surface area contributed by atoms with Crippen LogP contribution in [0.25, 0.3) is 98.5 Å². The van der Waals surface area contributed by atoms with E-state index in [2.05, 4.69) is 176 Å². The molecule has 0 aliphatic carbocycles. The number of rotatable bonds is 6. The minimum atomic E-state index is 0.720. The summed E-state index contributed by atoms with van der Waals surface area (Å²) in [5.41, 5.74) is 12.7. The van der Waals surface area contributed by atoms with Crippen LogP contribution in [0.1, 0.15) is 0 Å². The van der Waals surface area contributed by atoms with Crippen LogP contribution >= 0.6 is 11.3 Å². The summed E-state index contributed by atoms with van der Waals surface area (Å²) in [5, 5.41) is 3.47. The van der Waals surface area contributed by atoms with Gasteiger partial charge in [-0.15, -0.1) is 11.3 Å². The number of aromatic nitrogens is 3. The summed E-state index contributed by atoms with van der Waals surface area (Å²) in [7, 11) is 0. The Hall–Kier alpha value is -6.75. The van der Waals surface area contributed by atoms with Crippen LogP contribution in [-0.2, 0) is 0 Å². The number of nitrogens with zero attached hydrogens (tertiary/aromatic N) is 3. The molecule has 0 N–H and O–H groups in total. The molecule has 0 aliphatic heterocycles. The van der Waals surface area contributed by atoms with Gasteiger partial charge in [0.25, 0.3) is 0 Å². The molecule has 0 unspecified atom stereocenters. The van der Waals surface area contributed by atoms with E-state index in [1.54, 1.807) is 0 Å². The normalized spacial score (nSPS) is 11.4. The van der Waals surface area contributed by atoms with Crippen molar-refractivity contribution in [2.24, 2.45) is 0 Å². The highest BCUT2D eigenvalue weighted by atomic mass is 32.1. The summed E-state index contributed by atoms with van der Waals surface area (Å²) in [6.07, 6.45) is 0. The second kappa shape index (κ2) is 13.1. The van der Waals surface area contributed by atoms with Crippen LogP contribution in [0, 0.1) is 0 Å². The summed E-state index contributed by atoms with van der Waals surface area (Å²) < 4.78 is 2.47. The van der Waals surface area contributed by atoms with Crippen LogP contribution in [0.4, 0.5) is 0 Å². The Morgan fingerprint density at radius 2 is 0.981 bits per heavy atom. The largest absolute Gasteiger partial charge is 0.248 e. The first kappa shape index (κ1) is 31.0. The van der Waals surface area contributed by atoms with E-state index in [9.17, 15) is 0 Å². The molecule has 0 bridgehead atoms. The third-order valence-electron chi connectivity index (χ3n) is 9.88. The molecule has 0 spiro atoms. The number of pyridine rings is 1. The fraction of sp³-hybridized carbons (Fsp3) is 0. The first-order chi connectivity index (χ1) is 26.2. The van der Waals surface area contributed by atoms with Crippen LogP contribution < -0.4 is 0 Å². The topological polar surface area (TPSA) is 38.7 Å². The predicted octanol–water partition coefficient (Wildman–Crippen LogP) is 13.4. The molecule has 0 radical (unpaired) electrons. The van der Waals surface area contributed by atoms with Gasteiger partial charge in [0.15, 0.2) is 5.82 Å². The summed E-state index contributed by atoms with van der Waals surface area (Å²) >= 11 is 1.82. The van der Waals surface area contributed by atoms with E-state index >= 15 is 0 Å². The third kappa shape index (κ3) is 5.76. The molecule has 3 aromatic heterocycles. The van der Waals surface area contributed by atoms with Crippen molar-refractivity contribution in [2.45, 2.75) is 0 Å². The van der Waals surface area contributed by atoms with E-state index < -0.39 is 0 Å². The molecule has 3 heterocycles. The number of para-hydroxylation sites is 1. The minimum Gasteiger partial charge on any atom is -0.248 e. The van der Waals surface area contributed by atoms with Crippen LogP contribution in [-0.4, -0.2) is 15.0 Å². The van der Waals surface area contributed by atoms with Gasteiger partial charge in [-0.25, -0.2) is 15.0 Å². The van der Waals surface area contributed by atoms with Crippen molar-refractivity contribution in [3.63, 3.8) is 0 Å². The Bertz CT molecular complexity index is 2940. The fourth-order valence-corrected chi connectivity index (χ4v) is 8.42. The maximum Gasteiger partial charge on any atom is 0.160 e. The Labute approximate surface area is 311 Å².